The average molecular weight is 345 g/mol. The van der Waals surface area contributed by atoms with Crippen molar-refractivity contribution in [3.8, 4) is 5.75 Å². The summed E-state index contributed by atoms with van der Waals surface area (Å²) in [5.41, 5.74) is 0.708. The van der Waals surface area contributed by atoms with E-state index in [0.29, 0.717) is 23.9 Å². The molecule has 3 rings (SSSR count). The van der Waals surface area contributed by atoms with Gasteiger partial charge in [0.05, 0.1) is 0 Å². The summed E-state index contributed by atoms with van der Waals surface area (Å²) >= 11 is 0. The molecule has 0 aromatic heterocycles. The lowest BCUT2D eigenvalue weighted by Crippen LogP contribution is -2.34. The molecule has 0 radical (unpaired) electrons. The molecule has 2 fully saturated rings. The highest BCUT2D eigenvalue weighted by atomic mass is 16.5. The third-order valence-corrected chi connectivity index (χ3v) is 4.69. The summed E-state index contributed by atoms with van der Waals surface area (Å²) in [7, 11) is 0. The number of amides is 2. The Kier molecular flexibility index (Phi) is 6.28. The van der Waals surface area contributed by atoms with Crippen molar-refractivity contribution in [1.29, 1.82) is 0 Å². The minimum Gasteiger partial charge on any atom is -0.484 e. The molecule has 0 spiro atoms. The maximum Gasteiger partial charge on any atom is 0.257 e. The molecular formula is C19H27N3O3. The Balaban J connectivity index is 1.35. The molecule has 1 saturated heterocycles. The van der Waals surface area contributed by atoms with Crippen molar-refractivity contribution in [2.45, 2.75) is 32.1 Å². The predicted octanol–water partition coefficient (Wildman–Crippen LogP) is 1.92. The van der Waals surface area contributed by atoms with E-state index in [2.05, 4.69) is 16.0 Å². The molecule has 1 saturated carbocycles. The second-order valence-corrected chi connectivity index (χ2v) is 6.93. The number of piperidine rings is 1. The number of carbonyl (C=O) groups excluding carboxylic acids is 2. The number of hydrogen-bond acceptors (Lipinski definition) is 4. The van der Waals surface area contributed by atoms with Gasteiger partial charge in [-0.25, -0.2) is 0 Å². The highest BCUT2D eigenvalue weighted by Gasteiger charge is 2.29. The number of rotatable bonds is 8. The lowest BCUT2D eigenvalue weighted by Gasteiger charge is -2.22. The van der Waals surface area contributed by atoms with Crippen LogP contribution in [0, 0.1) is 11.8 Å². The Morgan fingerprint density at radius 1 is 1.24 bits per heavy atom. The summed E-state index contributed by atoms with van der Waals surface area (Å²) in [5.74, 6) is 1.35. The van der Waals surface area contributed by atoms with E-state index in [1.165, 1.54) is 12.8 Å². The normalized spacial score (nSPS) is 19.9. The maximum atomic E-state index is 11.9. The summed E-state index contributed by atoms with van der Waals surface area (Å²) in [6.45, 7) is 2.83. The van der Waals surface area contributed by atoms with E-state index in [1.54, 1.807) is 12.1 Å². The van der Waals surface area contributed by atoms with E-state index in [0.717, 1.165) is 32.4 Å². The van der Waals surface area contributed by atoms with Crippen LogP contribution in [0.4, 0.5) is 5.69 Å². The van der Waals surface area contributed by atoms with Crippen molar-refractivity contribution < 1.29 is 14.3 Å². The zero-order valence-electron chi connectivity index (χ0n) is 14.6. The molecule has 0 bridgehead atoms. The van der Waals surface area contributed by atoms with E-state index >= 15 is 0 Å². The molecule has 2 aliphatic rings. The summed E-state index contributed by atoms with van der Waals surface area (Å²) in [4.78, 5) is 23.7. The molecule has 25 heavy (non-hydrogen) atoms. The van der Waals surface area contributed by atoms with E-state index in [4.69, 9.17) is 4.74 Å². The standard InChI is InChI=1S/C19H27N3O3/c23-18(21-10-8-14-3-2-9-20-12-14)13-25-17-5-1-4-16(11-17)22-19(24)15-6-7-15/h1,4-5,11,14-15,20H,2-3,6-10,12-13H2,(H,21,23)(H,22,24). The Morgan fingerprint density at radius 2 is 2.12 bits per heavy atom. The monoisotopic (exact) mass is 345 g/mol. The van der Waals surface area contributed by atoms with Crippen molar-refractivity contribution in [3.63, 3.8) is 0 Å². The van der Waals surface area contributed by atoms with Gasteiger partial charge < -0.3 is 20.7 Å². The molecule has 6 heteroatoms. The van der Waals surface area contributed by atoms with Crippen molar-refractivity contribution >= 4 is 17.5 Å². The van der Waals surface area contributed by atoms with Gasteiger partial charge in [0.1, 0.15) is 5.75 Å². The van der Waals surface area contributed by atoms with Crippen LogP contribution in [0.2, 0.25) is 0 Å². The molecule has 6 nitrogen and oxygen atoms in total. The Labute approximate surface area is 148 Å². The van der Waals surface area contributed by atoms with E-state index in [-0.39, 0.29) is 24.3 Å². The molecule has 3 N–H and O–H groups in total. The van der Waals surface area contributed by atoms with Gasteiger partial charge in [0.2, 0.25) is 5.91 Å². The van der Waals surface area contributed by atoms with Crippen LogP contribution in [0.1, 0.15) is 32.1 Å². The lowest BCUT2D eigenvalue weighted by molar-refractivity contribution is -0.123. The van der Waals surface area contributed by atoms with Gasteiger partial charge >= 0.3 is 0 Å². The van der Waals surface area contributed by atoms with Gasteiger partial charge in [-0.3, -0.25) is 9.59 Å². The molecule has 1 unspecified atom stereocenters. The Bertz CT molecular complexity index is 595. The molecular weight excluding hydrogens is 318 g/mol. The average Bonchev–Trinajstić information content (AvgIpc) is 3.46. The first-order valence-electron chi connectivity index (χ1n) is 9.22. The molecule has 2 amide bonds. The zero-order valence-corrected chi connectivity index (χ0v) is 14.6. The highest BCUT2D eigenvalue weighted by Crippen LogP contribution is 2.30. The van der Waals surface area contributed by atoms with Gasteiger partial charge in [-0.2, -0.15) is 0 Å². The van der Waals surface area contributed by atoms with Crippen molar-refractivity contribution in [3.05, 3.63) is 24.3 Å². The predicted molar refractivity (Wildman–Crippen MR) is 96.5 cm³/mol. The molecule has 1 heterocycles. The van der Waals surface area contributed by atoms with Gasteiger partial charge in [-0.1, -0.05) is 6.07 Å². The molecule has 1 aliphatic heterocycles. The van der Waals surface area contributed by atoms with Gasteiger partial charge in [0.25, 0.3) is 5.91 Å². The van der Waals surface area contributed by atoms with Crippen molar-refractivity contribution in [2.75, 3.05) is 31.6 Å². The van der Waals surface area contributed by atoms with Crippen LogP contribution in [0.25, 0.3) is 0 Å². The zero-order chi connectivity index (χ0) is 17.5. The minimum absolute atomic E-state index is 0.0110. The molecule has 1 atom stereocenters. The van der Waals surface area contributed by atoms with Crippen LogP contribution in [-0.2, 0) is 9.59 Å². The first-order chi connectivity index (χ1) is 12.2. The fourth-order valence-electron chi connectivity index (χ4n) is 3.04. The molecule has 1 aliphatic carbocycles. The van der Waals surface area contributed by atoms with Crippen LogP contribution in [0.15, 0.2) is 24.3 Å². The van der Waals surface area contributed by atoms with Crippen molar-refractivity contribution in [1.82, 2.24) is 10.6 Å². The second-order valence-electron chi connectivity index (χ2n) is 6.93. The summed E-state index contributed by atoms with van der Waals surface area (Å²) in [5, 5.41) is 9.17. The fourth-order valence-corrected chi connectivity index (χ4v) is 3.04. The van der Waals surface area contributed by atoms with E-state index in [9.17, 15) is 9.59 Å². The van der Waals surface area contributed by atoms with Crippen LogP contribution >= 0.6 is 0 Å². The van der Waals surface area contributed by atoms with E-state index < -0.39 is 0 Å². The van der Waals surface area contributed by atoms with Crippen LogP contribution in [0.5, 0.6) is 5.75 Å². The van der Waals surface area contributed by atoms with Crippen LogP contribution in [0.3, 0.4) is 0 Å². The number of anilines is 1. The van der Waals surface area contributed by atoms with Gasteiger partial charge in [-0.15, -0.1) is 0 Å². The van der Waals surface area contributed by atoms with Crippen molar-refractivity contribution in [2.24, 2.45) is 11.8 Å². The number of nitrogens with one attached hydrogen (secondary N) is 3. The second kappa shape index (κ2) is 8.85. The quantitative estimate of drug-likeness (QED) is 0.672. The summed E-state index contributed by atoms with van der Waals surface area (Å²) in [6.07, 6.45) is 5.40. The number of ether oxygens (including phenoxy) is 1. The Hall–Kier alpha value is -2.08. The van der Waals surface area contributed by atoms with Gasteiger partial charge in [0, 0.05) is 24.2 Å². The molecule has 136 valence electrons. The topological polar surface area (TPSA) is 79.5 Å². The molecule has 1 aromatic rings. The van der Waals surface area contributed by atoms with Gasteiger partial charge in [-0.05, 0) is 63.2 Å². The lowest BCUT2D eigenvalue weighted by atomic mass is 9.96. The number of benzene rings is 1. The summed E-state index contributed by atoms with van der Waals surface area (Å²) in [6, 6.07) is 7.17. The molecule has 1 aromatic carbocycles. The minimum atomic E-state index is -0.115. The smallest absolute Gasteiger partial charge is 0.257 e. The third-order valence-electron chi connectivity index (χ3n) is 4.69. The first-order valence-corrected chi connectivity index (χ1v) is 9.22. The number of hydrogen-bond donors (Lipinski definition) is 3. The third kappa shape index (κ3) is 6.05. The van der Waals surface area contributed by atoms with Crippen LogP contribution < -0.4 is 20.7 Å². The van der Waals surface area contributed by atoms with E-state index in [1.807, 2.05) is 12.1 Å². The van der Waals surface area contributed by atoms with Gasteiger partial charge in [0.15, 0.2) is 6.61 Å². The summed E-state index contributed by atoms with van der Waals surface area (Å²) < 4.78 is 5.53. The number of carbonyl (C=O) groups is 2. The largest absolute Gasteiger partial charge is 0.484 e. The highest BCUT2D eigenvalue weighted by molar-refractivity contribution is 5.94. The Morgan fingerprint density at radius 3 is 2.88 bits per heavy atom. The SMILES string of the molecule is O=C(COc1cccc(NC(=O)C2CC2)c1)NCCC1CCCNC1. The fraction of sp³-hybridized carbons (Fsp3) is 0.579. The van der Waals surface area contributed by atoms with Crippen LogP contribution in [-0.4, -0.2) is 38.1 Å². The first kappa shape index (κ1) is 17.7. The maximum absolute atomic E-state index is 11.9.